The van der Waals surface area contributed by atoms with Crippen LogP contribution in [-0.4, -0.2) is 47.8 Å². The minimum Gasteiger partial charge on any atom is -0.497 e. The summed E-state index contributed by atoms with van der Waals surface area (Å²) in [4.78, 5) is 5.74. The third-order valence-corrected chi connectivity index (χ3v) is 4.32. The number of hydrogen-bond acceptors (Lipinski definition) is 3. The Labute approximate surface area is 119 Å². The lowest BCUT2D eigenvalue weighted by Crippen LogP contribution is -2.33. The van der Waals surface area contributed by atoms with Crippen molar-refractivity contribution in [1.29, 1.82) is 0 Å². The highest BCUT2D eigenvalue weighted by atomic mass is 16.5. The van der Waals surface area contributed by atoms with Crippen LogP contribution in [0.25, 0.3) is 10.9 Å². The van der Waals surface area contributed by atoms with Crippen molar-refractivity contribution in [2.24, 2.45) is 0 Å². The Hall–Kier alpha value is -1.52. The van der Waals surface area contributed by atoms with Gasteiger partial charge in [-0.25, -0.2) is 0 Å². The first-order valence-electron chi connectivity index (χ1n) is 7.30. The first-order chi connectivity index (χ1) is 9.81. The number of benzene rings is 1. The SMILES string of the molecule is COc1ccc2[nH]cc(C[C@@H]3CCCN3CCO)c2c1. The van der Waals surface area contributed by atoms with Gasteiger partial charge in [0.2, 0.25) is 0 Å². The third kappa shape index (κ3) is 2.53. The van der Waals surface area contributed by atoms with Crippen LogP contribution in [0.2, 0.25) is 0 Å². The number of likely N-dealkylation sites (tertiary alicyclic amines) is 1. The molecule has 1 fully saturated rings. The van der Waals surface area contributed by atoms with Gasteiger partial charge in [0.1, 0.15) is 5.75 Å². The van der Waals surface area contributed by atoms with Gasteiger partial charge in [-0.15, -0.1) is 0 Å². The lowest BCUT2D eigenvalue weighted by Gasteiger charge is -2.23. The largest absolute Gasteiger partial charge is 0.497 e. The van der Waals surface area contributed by atoms with Gasteiger partial charge in [-0.05, 0) is 49.6 Å². The second kappa shape index (κ2) is 5.85. The molecule has 4 nitrogen and oxygen atoms in total. The second-order valence-electron chi connectivity index (χ2n) is 5.49. The molecule has 20 heavy (non-hydrogen) atoms. The van der Waals surface area contributed by atoms with Crippen molar-refractivity contribution < 1.29 is 9.84 Å². The van der Waals surface area contributed by atoms with Crippen LogP contribution in [0.15, 0.2) is 24.4 Å². The summed E-state index contributed by atoms with van der Waals surface area (Å²) in [6.07, 6.45) is 5.60. The van der Waals surface area contributed by atoms with Gasteiger partial charge in [0.25, 0.3) is 0 Å². The van der Waals surface area contributed by atoms with E-state index in [1.807, 2.05) is 6.07 Å². The molecule has 1 saturated heterocycles. The van der Waals surface area contributed by atoms with Crippen molar-refractivity contribution in [3.63, 3.8) is 0 Å². The number of aliphatic hydroxyl groups is 1. The van der Waals surface area contributed by atoms with Crippen molar-refractivity contribution in [3.05, 3.63) is 30.0 Å². The van der Waals surface area contributed by atoms with Gasteiger partial charge in [-0.3, -0.25) is 4.90 Å². The maximum absolute atomic E-state index is 9.15. The molecule has 2 N–H and O–H groups in total. The van der Waals surface area contributed by atoms with E-state index in [1.165, 1.54) is 23.8 Å². The molecule has 0 bridgehead atoms. The average Bonchev–Trinajstić information content (AvgIpc) is 3.07. The van der Waals surface area contributed by atoms with Gasteiger partial charge in [-0.2, -0.15) is 0 Å². The number of rotatable bonds is 5. The zero-order valence-electron chi connectivity index (χ0n) is 11.9. The molecule has 1 aromatic carbocycles. The molecule has 0 radical (unpaired) electrons. The third-order valence-electron chi connectivity index (χ3n) is 4.32. The number of aromatic nitrogens is 1. The summed E-state index contributed by atoms with van der Waals surface area (Å²) < 4.78 is 5.32. The van der Waals surface area contributed by atoms with Crippen LogP contribution in [-0.2, 0) is 6.42 Å². The van der Waals surface area contributed by atoms with E-state index in [0.717, 1.165) is 30.8 Å². The molecule has 1 aromatic heterocycles. The van der Waals surface area contributed by atoms with Crippen LogP contribution >= 0.6 is 0 Å². The molecule has 0 aliphatic carbocycles. The van der Waals surface area contributed by atoms with E-state index in [1.54, 1.807) is 7.11 Å². The van der Waals surface area contributed by atoms with Crippen molar-refractivity contribution in [2.75, 3.05) is 26.8 Å². The Morgan fingerprint density at radius 3 is 3.15 bits per heavy atom. The molecule has 1 atom stereocenters. The number of fused-ring (bicyclic) bond motifs is 1. The summed E-state index contributed by atoms with van der Waals surface area (Å²) in [5.74, 6) is 0.900. The van der Waals surface area contributed by atoms with Gasteiger partial charge >= 0.3 is 0 Å². The number of ether oxygens (including phenoxy) is 1. The summed E-state index contributed by atoms with van der Waals surface area (Å²) >= 11 is 0. The summed E-state index contributed by atoms with van der Waals surface area (Å²) in [5.41, 5.74) is 2.50. The number of methoxy groups -OCH3 is 1. The molecule has 0 amide bonds. The molecule has 1 aliphatic heterocycles. The summed E-state index contributed by atoms with van der Waals surface area (Å²) in [6.45, 7) is 2.14. The Kier molecular flexibility index (Phi) is 3.94. The van der Waals surface area contributed by atoms with Gasteiger partial charge in [0.05, 0.1) is 13.7 Å². The van der Waals surface area contributed by atoms with E-state index in [0.29, 0.717) is 6.04 Å². The zero-order chi connectivity index (χ0) is 13.9. The number of H-pyrrole nitrogens is 1. The molecule has 2 heterocycles. The van der Waals surface area contributed by atoms with E-state index in [-0.39, 0.29) is 6.61 Å². The molecular weight excluding hydrogens is 252 g/mol. The summed E-state index contributed by atoms with van der Waals surface area (Å²) in [7, 11) is 1.70. The quantitative estimate of drug-likeness (QED) is 0.878. The van der Waals surface area contributed by atoms with Crippen LogP contribution in [0.4, 0.5) is 0 Å². The van der Waals surface area contributed by atoms with E-state index < -0.39 is 0 Å². The normalized spacial score (nSPS) is 19.8. The lowest BCUT2D eigenvalue weighted by atomic mass is 10.0. The highest BCUT2D eigenvalue weighted by Crippen LogP contribution is 2.27. The minimum absolute atomic E-state index is 0.248. The summed E-state index contributed by atoms with van der Waals surface area (Å²) in [5, 5.41) is 10.4. The van der Waals surface area contributed by atoms with Crippen LogP contribution in [0.3, 0.4) is 0 Å². The standard InChI is InChI=1S/C16H22N2O2/c1-20-14-4-5-16-15(10-14)12(11-17-16)9-13-3-2-6-18(13)7-8-19/h4-5,10-11,13,17,19H,2-3,6-9H2,1H3/t13-/m0/s1. The number of nitrogens with one attached hydrogen (secondary N) is 1. The molecule has 1 aliphatic rings. The first-order valence-corrected chi connectivity index (χ1v) is 7.30. The zero-order valence-corrected chi connectivity index (χ0v) is 11.9. The van der Waals surface area contributed by atoms with Crippen LogP contribution < -0.4 is 4.74 Å². The fraction of sp³-hybridized carbons (Fsp3) is 0.500. The molecule has 0 spiro atoms. The van der Waals surface area contributed by atoms with E-state index in [2.05, 4.69) is 28.2 Å². The highest BCUT2D eigenvalue weighted by molar-refractivity contribution is 5.84. The van der Waals surface area contributed by atoms with Crippen molar-refractivity contribution in [1.82, 2.24) is 9.88 Å². The van der Waals surface area contributed by atoms with Gasteiger partial charge < -0.3 is 14.8 Å². The number of aliphatic hydroxyl groups excluding tert-OH is 1. The molecule has 2 aromatic rings. The average molecular weight is 274 g/mol. The van der Waals surface area contributed by atoms with Gasteiger partial charge in [-0.1, -0.05) is 0 Å². The Morgan fingerprint density at radius 1 is 1.45 bits per heavy atom. The highest BCUT2D eigenvalue weighted by Gasteiger charge is 2.24. The predicted molar refractivity (Wildman–Crippen MR) is 80.2 cm³/mol. The van der Waals surface area contributed by atoms with Gasteiger partial charge in [0, 0.05) is 29.7 Å². The molecule has 108 valence electrons. The molecular formula is C16H22N2O2. The maximum atomic E-state index is 9.15. The van der Waals surface area contributed by atoms with E-state index >= 15 is 0 Å². The molecule has 0 saturated carbocycles. The second-order valence-corrected chi connectivity index (χ2v) is 5.49. The van der Waals surface area contributed by atoms with Crippen LogP contribution in [0.1, 0.15) is 18.4 Å². The Bertz CT molecular complexity index is 579. The fourth-order valence-electron chi connectivity index (χ4n) is 3.26. The van der Waals surface area contributed by atoms with Crippen molar-refractivity contribution in [3.8, 4) is 5.75 Å². The van der Waals surface area contributed by atoms with Crippen LogP contribution in [0, 0.1) is 0 Å². The first kappa shape index (κ1) is 13.5. The van der Waals surface area contributed by atoms with Gasteiger partial charge in [0.15, 0.2) is 0 Å². The lowest BCUT2D eigenvalue weighted by molar-refractivity contribution is 0.184. The molecule has 3 rings (SSSR count). The maximum Gasteiger partial charge on any atom is 0.119 e. The van der Waals surface area contributed by atoms with Crippen molar-refractivity contribution >= 4 is 10.9 Å². The van der Waals surface area contributed by atoms with E-state index in [9.17, 15) is 0 Å². The number of β-amino-alcohol motifs (C(OH)–C–C–N with tert-alkyl or cyclic N) is 1. The number of hydrogen-bond donors (Lipinski definition) is 2. The Morgan fingerprint density at radius 2 is 2.35 bits per heavy atom. The van der Waals surface area contributed by atoms with E-state index in [4.69, 9.17) is 9.84 Å². The number of aromatic amines is 1. The Balaban J connectivity index is 1.83. The topological polar surface area (TPSA) is 48.5 Å². The summed E-state index contributed by atoms with van der Waals surface area (Å²) in [6, 6.07) is 6.70. The fourth-order valence-corrected chi connectivity index (χ4v) is 3.26. The van der Waals surface area contributed by atoms with Crippen LogP contribution in [0.5, 0.6) is 5.75 Å². The minimum atomic E-state index is 0.248. The molecule has 4 heteroatoms. The number of nitrogens with zero attached hydrogens (tertiary/aromatic N) is 1. The smallest absolute Gasteiger partial charge is 0.119 e. The van der Waals surface area contributed by atoms with Crippen molar-refractivity contribution in [2.45, 2.75) is 25.3 Å². The predicted octanol–water partition coefficient (Wildman–Crippen LogP) is 2.18. The molecule has 0 unspecified atom stereocenters. The monoisotopic (exact) mass is 274 g/mol.